The number of carbonyl (C=O) groups is 12. The molecule has 0 bridgehead atoms. The van der Waals surface area contributed by atoms with E-state index in [4.69, 9.17) is 22.9 Å². The van der Waals surface area contributed by atoms with E-state index < -0.39 is 226 Å². The number of nitrogens with one attached hydrogen (secondary N) is 1. The Morgan fingerprint density at radius 1 is 0.463 bits per heavy atom. The van der Waals surface area contributed by atoms with Crippen LogP contribution in [0.3, 0.4) is 0 Å². The van der Waals surface area contributed by atoms with E-state index in [1.54, 1.807) is 76.1 Å². The third kappa shape index (κ3) is 14.4. The summed E-state index contributed by atoms with van der Waals surface area (Å²) in [6, 6.07) is 9.00. The SMILES string of the molecule is CCC(C)C(=O)C1=C(O)C2(O)C(=O)C3=C(O)c4c(O)ccc(N(C)C)c4CC3CC2C(N)C1=O.CN(C)c1ccc(O)c2c1CC1CC3/C(=N/O)C(O)=C(C(N)=O)C(=O)C3(O)C(=O)C1=C2O.CN(C)c1ccc(O)c2c1CC1CC3C(N(C)C)C(=O)C(C(N)=O)=C(O)C3(O)C=C1C2=O.CN(C)c1ccc(O)c2c1CC1CC3[C@@H](NC4CCCC4)C(=O)C(C(N)=O)=C(O)C3(O)C(=O)C1=C2O.[HH]. The standard InChI is InChI=1S/C26H31N3O7.C25H30N2O7.C23H27N3O6.C21H21N3O8.H2/c1-29(2)15-7-8-16(30)18-13(15)9-11-10-14-20(28-12-5-3-4-6-12)22(32)19(25(27)35)24(34)26(14,36)23(33)17(11)21(18)31;1-5-10(2)20(29)18-22(31)19(26)13-9-11-8-12-14(27(3)4)6-7-15(28)17(12)21(30)16(11)23(32)25(13,34)24(18)33;1-25(2)14-5-6-15(27)16-11(14)7-10-8-13-18(26(3)4)20(29)17(22(24)31)21(30)23(13,32)9-12(10)19(16)28;1-24(2)10-3-4-11(25)13-8(10)5-7-6-9-15(23-32)17(27)14(20(22)30)19(29)21(9,31)18(28)12(7)16(13)26;/h7-8,11-12,14,20,28,30-31,34,36H,3-6,9-10H2,1-2H3,(H2,27,35);6-7,10-11,13,19,28,30,33-34H,5,8-9,26H2,1-4H3;5-6,9-10,13,18,27,30,32H,7-8H2,1-4H3,(H2,24,31);3-4,7,9,25-27,31-32H,5-6H2,1-2H3,(H2,22,30);1H/b;;;23-15-;/t11?,14?,20-,26?;;;;/m1..../s1. The Hall–Kier alpha value is -13.6. The van der Waals surface area contributed by atoms with Crippen LogP contribution in [-0.4, -0.2) is 279 Å². The number of hydrogen-bond acceptors (Lipinski definition) is 36. The largest absolute Gasteiger partial charge is 0.508 e. The molecule has 714 valence electrons. The van der Waals surface area contributed by atoms with Crippen molar-refractivity contribution >= 4 is 116 Å². The Labute approximate surface area is 768 Å². The number of nitrogens with two attached hydrogens (primary N) is 4. The topological polar surface area (TPSA) is 673 Å². The van der Waals surface area contributed by atoms with Gasteiger partial charge in [0.05, 0.1) is 46.3 Å². The maximum Gasteiger partial charge on any atom is 0.256 e. The number of fused-ring (bicyclic) bond motifs is 12. The number of likely N-dealkylation sites (N-methyl/N-ethyl adjacent to an activating group) is 1. The number of amides is 3. The Morgan fingerprint density at radius 2 is 0.836 bits per heavy atom. The summed E-state index contributed by atoms with van der Waals surface area (Å²) in [5, 5.41) is 180. The summed E-state index contributed by atoms with van der Waals surface area (Å²) in [5.74, 6) is -25.6. The zero-order chi connectivity index (χ0) is 98.8. The lowest BCUT2D eigenvalue weighted by Gasteiger charge is -2.49. The van der Waals surface area contributed by atoms with E-state index >= 15 is 0 Å². The molecule has 15 unspecified atom stereocenters. The van der Waals surface area contributed by atoms with E-state index in [1.165, 1.54) is 30.3 Å². The number of Topliss-reactive ketones (excluding diaryl/α,β-unsaturated/α-hetero) is 9. The van der Waals surface area contributed by atoms with Crippen LogP contribution >= 0.6 is 0 Å². The fraction of sp³-hybridized carbons (Fsp3) is 0.442. The summed E-state index contributed by atoms with van der Waals surface area (Å²) in [6.07, 6.45) is 6.40. The Bertz CT molecular complexity index is 6220. The highest BCUT2D eigenvalue weighted by Crippen LogP contribution is 2.59. The van der Waals surface area contributed by atoms with Crippen molar-refractivity contribution in [2.24, 2.45) is 81.4 Å². The number of phenols is 4. The van der Waals surface area contributed by atoms with Gasteiger partial charge in [-0.05, 0) is 185 Å². The van der Waals surface area contributed by atoms with Crippen LogP contribution in [0.25, 0.3) is 17.3 Å². The highest BCUT2D eigenvalue weighted by Gasteiger charge is 2.68. The average Bonchev–Trinajstić information content (AvgIpc) is 1.20. The number of oxime groups is 1. The van der Waals surface area contributed by atoms with Gasteiger partial charge in [-0.15, -0.1) is 0 Å². The lowest BCUT2D eigenvalue weighted by atomic mass is 9.57. The van der Waals surface area contributed by atoms with Crippen molar-refractivity contribution in [1.29, 1.82) is 0 Å². The molecular weight excluding hydrogens is 1740 g/mol. The lowest BCUT2D eigenvalue weighted by molar-refractivity contribution is -0.154. The van der Waals surface area contributed by atoms with E-state index in [1.807, 2.05) is 57.0 Å². The Kier molecular flexibility index (Phi) is 24.8. The summed E-state index contributed by atoms with van der Waals surface area (Å²) in [7, 11) is 17.8. The van der Waals surface area contributed by atoms with Crippen molar-refractivity contribution in [1.82, 2.24) is 10.2 Å². The molecule has 3 amide bonds. The van der Waals surface area contributed by atoms with Gasteiger partial charge in [-0.1, -0.05) is 31.8 Å². The molecule has 25 N–H and O–H groups in total. The molecule has 0 heterocycles. The molecule has 4 saturated carbocycles. The van der Waals surface area contributed by atoms with Crippen LogP contribution in [0.2, 0.25) is 0 Å². The van der Waals surface area contributed by atoms with E-state index in [9.17, 15) is 139 Å². The molecule has 0 aromatic heterocycles. The predicted molar refractivity (Wildman–Crippen MR) is 483 cm³/mol. The minimum Gasteiger partial charge on any atom is -0.508 e. The molecule has 4 aromatic carbocycles. The zero-order valence-electron chi connectivity index (χ0n) is 75.4. The fourth-order valence-corrected chi connectivity index (χ4v) is 22.7. The molecule has 39 heteroatoms. The number of ketones is 9. The molecule has 17 rings (SSSR count). The van der Waals surface area contributed by atoms with Crippen molar-refractivity contribution in [3.8, 4) is 23.0 Å². The first-order chi connectivity index (χ1) is 62.7. The average molecular weight is 1850 g/mol. The quantitative estimate of drug-likeness (QED) is 0.0396. The number of rotatable bonds is 13. The van der Waals surface area contributed by atoms with Gasteiger partial charge < -0.3 is 130 Å². The monoisotopic (exact) mass is 1850 g/mol. The molecule has 39 nitrogen and oxygen atoms in total. The number of carbonyl (C=O) groups excluding carboxylic acids is 12. The van der Waals surface area contributed by atoms with Crippen molar-refractivity contribution < 1.29 is 141 Å². The summed E-state index contributed by atoms with van der Waals surface area (Å²) in [4.78, 5) is 164. The van der Waals surface area contributed by atoms with Gasteiger partial charge in [0.1, 0.15) is 91.2 Å². The van der Waals surface area contributed by atoms with Gasteiger partial charge in [-0.3, -0.25) is 62.4 Å². The number of aliphatic hydroxyl groups is 11. The van der Waals surface area contributed by atoms with Crippen LogP contribution < -0.4 is 47.9 Å². The van der Waals surface area contributed by atoms with Gasteiger partial charge in [0, 0.05) is 133 Å². The normalized spacial score (nSPS) is 29.4. The molecule has 0 radical (unpaired) electrons. The molecule has 4 aromatic rings. The predicted octanol–water partition coefficient (Wildman–Crippen LogP) is 3.03. The fourth-order valence-electron chi connectivity index (χ4n) is 22.7. The summed E-state index contributed by atoms with van der Waals surface area (Å²) < 4.78 is 0. The van der Waals surface area contributed by atoms with E-state index in [0.29, 0.717) is 40.8 Å². The number of benzene rings is 4. The third-order valence-corrected chi connectivity index (χ3v) is 29.3. The van der Waals surface area contributed by atoms with E-state index in [-0.39, 0.29) is 126 Å². The van der Waals surface area contributed by atoms with E-state index in [2.05, 4.69) is 10.5 Å². The summed E-state index contributed by atoms with van der Waals surface area (Å²) >= 11 is 0. The maximum atomic E-state index is 13.9. The first-order valence-corrected chi connectivity index (χ1v) is 43.7. The van der Waals surface area contributed by atoms with Crippen molar-refractivity contribution in [2.45, 2.75) is 144 Å². The molecule has 16 atom stereocenters. The Morgan fingerprint density at radius 3 is 1.25 bits per heavy atom. The third-order valence-electron chi connectivity index (χ3n) is 29.3. The van der Waals surface area contributed by atoms with Crippen LogP contribution in [0.1, 0.15) is 122 Å². The second-order valence-electron chi connectivity index (χ2n) is 37.8. The van der Waals surface area contributed by atoms with Gasteiger partial charge in [0.2, 0.25) is 23.1 Å². The molecule has 134 heavy (non-hydrogen) atoms. The number of phenolic OH excluding ortho intramolecular Hbond substituents is 4. The molecule has 13 aliphatic carbocycles. The van der Waals surface area contributed by atoms with Gasteiger partial charge >= 0.3 is 0 Å². The van der Waals surface area contributed by atoms with Gasteiger partial charge in [0.25, 0.3) is 17.7 Å². The van der Waals surface area contributed by atoms with Gasteiger partial charge in [0.15, 0.2) is 51.5 Å². The van der Waals surface area contributed by atoms with Crippen LogP contribution in [0.4, 0.5) is 22.7 Å². The minimum atomic E-state index is -2.93. The van der Waals surface area contributed by atoms with Crippen molar-refractivity contribution in [3.63, 3.8) is 0 Å². The lowest BCUT2D eigenvalue weighted by Crippen LogP contribution is -2.66. The second kappa shape index (κ2) is 34.5. The minimum absolute atomic E-state index is 0. The number of primary amides is 3. The van der Waals surface area contributed by atoms with E-state index in [0.717, 1.165) is 42.7 Å². The van der Waals surface area contributed by atoms with Crippen LogP contribution in [-0.2, 0) is 78.4 Å². The van der Waals surface area contributed by atoms with Crippen LogP contribution in [0, 0.1) is 53.3 Å². The zero-order valence-corrected chi connectivity index (χ0v) is 75.4. The van der Waals surface area contributed by atoms with Gasteiger partial charge in [-0.2, -0.15) is 0 Å². The van der Waals surface area contributed by atoms with Crippen molar-refractivity contribution in [2.75, 3.05) is 90.1 Å². The molecule has 13 aliphatic rings. The number of anilines is 4. The number of hydrogen-bond donors (Lipinski definition) is 21. The number of aromatic hydroxyl groups is 4. The van der Waals surface area contributed by atoms with Crippen LogP contribution in [0.15, 0.2) is 127 Å². The first kappa shape index (κ1) is 96.5. The number of nitrogens with zero attached hydrogens (tertiary/aromatic N) is 6. The first-order valence-electron chi connectivity index (χ1n) is 43.7. The van der Waals surface area contributed by atoms with Crippen molar-refractivity contribution in [3.05, 3.63) is 167 Å². The highest BCUT2D eigenvalue weighted by atomic mass is 16.4. The molecular formula is C95H111N11O28. The molecule has 4 fully saturated rings. The highest BCUT2D eigenvalue weighted by molar-refractivity contribution is 6.38. The molecule has 0 spiro atoms. The number of aliphatic hydroxyl groups excluding tert-OH is 7. The van der Waals surface area contributed by atoms with Gasteiger partial charge in [-0.25, -0.2) is 0 Å². The Balaban J connectivity index is 0.000000152. The smallest absolute Gasteiger partial charge is 0.256 e. The summed E-state index contributed by atoms with van der Waals surface area (Å²) in [5.41, 5.74) is 13.5. The molecule has 0 saturated heterocycles. The maximum absolute atomic E-state index is 13.9. The second-order valence-corrected chi connectivity index (χ2v) is 37.8. The number of allylic oxidation sites excluding steroid dienone is 2. The summed E-state index contributed by atoms with van der Waals surface area (Å²) in [6.45, 7) is 3.31. The van der Waals surface area contributed by atoms with Crippen LogP contribution in [0.5, 0.6) is 23.0 Å². The molecule has 0 aliphatic heterocycles.